The molecule has 0 aromatic carbocycles. The molecule has 0 radical (unpaired) electrons. The Morgan fingerprint density at radius 3 is 2.38 bits per heavy atom. The fraction of sp³-hybridized carbons (Fsp3) is 1.00. The van der Waals surface area contributed by atoms with Crippen molar-refractivity contribution in [3.63, 3.8) is 0 Å². The third kappa shape index (κ3) is 4.84. The summed E-state index contributed by atoms with van der Waals surface area (Å²) in [5.41, 5.74) is 6.09. The minimum absolute atomic E-state index is 0. The van der Waals surface area contributed by atoms with Crippen LogP contribution in [0.25, 0.3) is 0 Å². The van der Waals surface area contributed by atoms with Gasteiger partial charge in [0.05, 0.1) is 6.10 Å². The van der Waals surface area contributed by atoms with Crippen molar-refractivity contribution >= 4 is 12.4 Å². The molecule has 1 fully saturated rings. The topological polar surface area (TPSA) is 35.2 Å². The van der Waals surface area contributed by atoms with Gasteiger partial charge in [-0.1, -0.05) is 6.92 Å². The highest BCUT2D eigenvalue weighted by Gasteiger charge is 2.27. The van der Waals surface area contributed by atoms with E-state index in [-0.39, 0.29) is 17.9 Å². The normalized spacial score (nSPS) is 33.9. The van der Waals surface area contributed by atoms with Crippen molar-refractivity contribution in [1.29, 1.82) is 0 Å². The van der Waals surface area contributed by atoms with Crippen LogP contribution in [0, 0.1) is 0 Å². The van der Waals surface area contributed by atoms with Gasteiger partial charge in [-0.05, 0) is 39.0 Å². The van der Waals surface area contributed by atoms with Crippen LogP contribution in [0.3, 0.4) is 0 Å². The van der Waals surface area contributed by atoms with E-state index in [4.69, 9.17) is 10.5 Å². The lowest BCUT2D eigenvalue weighted by atomic mass is 9.83. The maximum Gasteiger partial charge on any atom is 0.0576 e. The first-order valence-electron chi connectivity index (χ1n) is 5.04. The molecule has 0 amide bonds. The molecule has 2 nitrogen and oxygen atoms in total. The van der Waals surface area contributed by atoms with Crippen molar-refractivity contribution in [2.24, 2.45) is 5.73 Å². The van der Waals surface area contributed by atoms with E-state index in [1.807, 2.05) is 0 Å². The van der Waals surface area contributed by atoms with Gasteiger partial charge in [-0.3, -0.25) is 0 Å². The summed E-state index contributed by atoms with van der Waals surface area (Å²) in [5.74, 6) is 0. The first-order chi connectivity index (χ1) is 5.64. The summed E-state index contributed by atoms with van der Waals surface area (Å²) in [5, 5.41) is 0. The molecule has 1 aliphatic carbocycles. The van der Waals surface area contributed by atoms with Crippen LogP contribution in [0.5, 0.6) is 0 Å². The summed E-state index contributed by atoms with van der Waals surface area (Å²) in [6.45, 7) is 5.20. The predicted octanol–water partition coefficient (Wildman–Crippen LogP) is 2.49. The zero-order valence-electron chi connectivity index (χ0n) is 8.71. The first-order valence-corrected chi connectivity index (χ1v) is 5.04. The van der Waals surface area contributed by atoms with E-state index in [2.05, 4.69) is 13.8 Å². The van der Waals surface area contributed by atoms with Gasteiger partial charge in [0.25, 0.3) is 0 Å². The first kappa shape index (κ1) is 13.2. The third-order valence-corrected chi connectivity index (χ3v) is 2.63. The smallest absolute Gasteiger partial charge is 0.0576 e. The summed E-state index contributed by atoms with van der Waals surface area (Å²) in [6, 6.07) is 0. The molecule has 2 N–H and O–H groups in total. The number of hydrogen-bond donors (Lipinski definition) is 1. The number of nitrogens with two attached hydrogens (primary N) is 1. The van der Waals surface area contributed by atoms with Crippen LogP contribution < -0.4 is 5.73 Å². The molecule has 0 unspecified atom stereocenters. The van der Waals surface area contributed by atoms with Crippen molar-refractivity contribution in [2.75, 3.05) is 6.61 Å². The molecule has 1 saturated carbocycles. The van der Waals surface area contributed by atoms with Crippen LogP contribution in [0.4, 0.5) is 0 Å². The molecule has 13 heavy (non-hydrogen) atoms. The molecule has 0 spiro atoms. The lowest BCUT2D eigenvalue weighted by Crippen LogP contribution is -2.41. The van der Waals surface area contributed by atoms with Gasteiger partial charge in [0.2, 0.25) is 0 Å². The Morgan fingerprint density at radius 2 is 1.92 bits per heavy atom. The SMILES string of the molecule is CCCOC1CCC(C)(N)CC1.Cl. The Hall–Kier alpha value is 0.210. The largest absolute Gasteiger partial charge is 0.378 e. The summed E-state index contributed by atoms with van der Waals surface area (Å²) in [7, 11) is 0. The van der Waals surface area contributed by atoms with E-state index in [0.717, 1.165) is 38.7 Å². The molecule has 1 rings (SSSR count). The number of ether oxygens (including phenoxy) is 1. The van der Waals surface area contributed by atoms with Crippen LogP contribution in [0.2, 0.25) is 0 Å². The van der Waals surface area contributed by atoms with Crippen molar-refractivity contribution in [3.05, 3.63) is 0 Å². The predicted molar refractivity (Wildman–Crippen MR) is 58.3 cm³/mol. The molecule has 0 aromatic heterocycles. The molecule has 0 heterocycles. The molecule has 1 aliphatic rings. The second-order valence-corrected chi connectivity index (χ2v) is 4.22. The zero-order valence-corrected chi connectivity index (χ0v) is 9.53. The molecular formula is C10H22ClNO. The van der Waals surface area contributed by atoms with Crippen molar-refractivity contribution in [1.82, 2.24) is 0 Å². The quantitative estimate of drug-likeness (QED) is 0.772. The van der Waals surface area contributed by atoms with E-state index in [1.54, 1.807) is 0 Å². The highest BCUT2D eigenvalue weighted by atomic mass is 35.5. The van der Waals surface area contributed by atoms with Gasteiger partial charge in [-0.15, -0.1) is 12.4 Å². The van der Waals surface area contributed by atoms with Gasteiger partial charge in [0, 0.05) is 12.1 Å². The summed E-state index contributed by atoms with van der Waals surface area (Å²) in [6.07, 6.45) is 6.13. The van der Waals surface area contributed by atoms with Crippen LogP contribution in [-0.4, -0.2) is 18.2 Å². The Morgan fingerprint density at radius 1 is 1.38 bits per heavy atom. The average molecular weight is 208 g/mol. The third-order valence-electron chi connectivity index (χ3n) is 2.63. The number of hydrogen-bond acceptors (Lipinski definition) is 2. The number of halogens is 1. The summed E-state index contributed by atoms with van der Waals surface area (Å²) in [4.78, 5) is 0. The fourth-order valence-corrected chi connectivity index (χ4v) is 1.70. The molecule has 0 saturated heterocycles. The van der Waals surface area contributed by atoms with E-state index >= 15 is 0 Å². The molecule has 0 bridgehead atoms. The molecular weight excluding hydrogens is 186 g/mol. The monoisotopic (exact) mass is 207 g/mol. The second-order valence-electron chi connectivity index (χ2n) is 4.22. The van der Waals surface area contributed by atoms with Crippen LogP contribution in [0.1, 0.15) is 46.0 Å². The lowest BCUT2D eigenvalue weighted by molar-refractivity contribution is 0.0159. The minimum Gasteiger partial charge on any atom is -0.378 e. The van der Waals surface area contributed by atoms with E-state index < -0.39 is 0 Å². The maximum atomic E-state index is 6.01. The van der Waals surface area contributed by atoms with Crippen molar-refractivity contribution < 1.29 is 4.74 Å². The molecule has 0 atom stereocenters. The summed E-state index contributed by atoms with van der Waals surface area (Å²) >= 11 is 0. The van der Waals surface area contributed by atoms with Gasteiger partial charge in [-0.2, -0.15) is 0 Å². The molecule has 0 aliphatic heterocycles. The number of rotatable bonds is 3. The lowest BCUT2D eigenvalue weighted by Gasteiger charge is -2.33. The fourth-order valence-electron chi connectivity index (χ4n) is 1.70. The highest BCUT2D eigenvalue weighted by Crippen LogP contribution is 2.27. The van der Waals surface area contributed by atoms with E-state index in [0.29, 0.717) is 6.10 Å². The van der Waals surface area contributed by atoms with Gasteiger partial charge in [0.15, 0.2) is 0 Å². The van der Waals surface area contributed by atoms with Gasteiger partial charge in [-0.25, -0.2) is 0 Å². The average Bonchev–Trinajstić information content (AvgIpc) is 2.03. The van der Waals surface area contributed by atoms with Crippen LogP contribution in [0.15, 0.2) is 0 Å². The maximum absolute atomic E-state index is 6.01. The van der Waals surface area contributed by atoms with Crippen molar-refractivity contribution in [3.8, 4) is 0 Å². The van der Waals surface area contributed by atoms with Gasteiger partial charge < -0.3 is 10.5 Å². The zero-order chi connectivity index (χ0) is 9.03. The second kappa shape index (κ2) is 5.84. The van der Waals surface area contributed by atoms with E-state index in [1.165, 1.54) is 0 Å². The van der Waals surface area contributed by atoms with Gasteiger partial charge >= 0.3 is 0 Å². The molecule has 3 heteroatoms. The standard InChI is InChI=1S/C10H21NO.ClH/c1-3-8-12-9-4-6-10(2,11)7-5-9;/h9H,3-8,11H2,1-2H3;1H. The summed E-state index contributed by atoms with van der Waals surface area (Å²) < 4.78 is 5.67. The Kier molecular flexibility index (Phi) is 5.93. The van der Waals surface area contributed by atoms with Crippen LogP contribution in [-0.2, 0) is 4.74 Å². The Bertz CT molecular complexity index is 129. The molecule has 0 aromatic rings. The minimum atomic E-state index is 0. The Balaban J connectivity index is 0.00000144. The van der Waals surface area contributed by atoms with Crippen molar-refractivity contribution in [2.45, 2.75) is 57.6 Å². The highest BCUT2D eigenvalue weighted by molar-refractivity contribution is 5.85. The van der Waals surface area contributed by atoms with E-state index in [9.17, 15) is 0 Å². The van der Waals surface area contributed by atoms with Gasteiger partial charge in [0.1, 0.15) is 0 Å². The van der Waals surface area contributed by atoms with Crippen LogP contribution >= 0.6 is 12.4 Å². The Labute approximate surface area is 87.6 Å². The molecule has 80 valence electrons.